The lowest BCUT2D eigenvalue weighted by molar-refractivity contribution is -0.137. The van der Waals surface area contributed by atoms with Crippen molar-refractivity contribution in [3.63, 3.8) is 0 Å². The van der Waals surface area contributed by atoms with Crippen molar-refractivity contribution in [3.8, 4) is 5.75 Å². The van der Waals surface area contributed by atoms with E-state index in [1.165, 1.54) is 12.1 Å². The topological polar surface area (TPSA) is 27.7 Å². The van der Waals surface area contributed by atoms with Crippen LogP contribution in [0.15, 0.2) is 24.3 Å². The molecule has 0 unspecified atom stereocenters. The third kappa shape index (κ3) is 5.10. The van der Waals surface area contributed by atoms with Gasteiger partial charge in [-0.1, -0.05) is 0 Å². The van der Waals surface area contributed by atoms with Crippen LogP contribution >= 0.6 is 6.72 Å². The van der Waals surface area contributed by atoms with Crippen molar-refractivity contribution in [3.05, 3.63) is 29.8 Å². The van der Waals surface area contributed by atoms with Crippen LogP contribution in [0.4, 0.5) is 13.2 Å². The third-order valence-corrected chi connectivity index (χ3v) is 4.41. The molecule has 0 heterocycles. The molecule has 0 saturated heterocycles. The molecule has 0 aromatic heterocycles. The van der Waals surface area contributed by atoms with Crippen LogP contribution < -0.4 is 4.52 Å². The first-order chi connectivity index (χ1) is 8.80. The van der Waals surface area contributed by atoms with Crippen LogP contribution in [0, 0.1) is 0 Å². The van der Waals surface area contributed by atoms with Crippen LogP contribution in [-0.2, 0) is 27.0 Å². The summed E-state index contributed by atoms with van der Waals surface area (Å²) in [5.74, 6) is 0.193. The number of halogens is 3. The first kappa shape index (κ1) is 16.4. The van der Waals surface area contributed by atoms with Gasteiger partial charge in [-0.3, -0.25) is 9.05 Å². The molecule has 0 fully saturated rings. The normalized spacial score (nSPS) is 12.5. The Kier molecular flexibility index (Phi) is 5.80. The van der Waals surface area contributed by atoms with E-state index in [-0.39, 0.29) is 5.75 Å². The molecule has 1 rings (SSSR count). The molecule has 0 spiro atoms. The zero-order valence-electron chi connectivity index (χ0n) is 10.4. The Hall–Kier alpha value is -0.620. The predicted octanol–water partition coefficient (Wildman–Crippen LogP) is 4.38. The highest BCUT2D eigenvalue weighted by Gasteiger charge is 2.30. The quantitative estimate of drug-likeness (QED) is 0.728. The van der Waals surface area contributed by atoms with Crippen LogP contribution in [0.5, 0.6) is 5.75 Å². The molecule has 0 radical (unpaired) electrons. The highest BCUT2D eigenvalue weighted by atomic mass is 32.5. The van der Waals surface area contributed by atoms with Crippen LogP contribution in [-0.4, -0.2) is 13.2 Å². The molecule has 0 aliphatic heterocycles. The summed E-state index contributed by atoms with van der Waals surface area (Å²) in [6.45, 7) is 1.13. The van der Waals surface area contributed by atoms with E-state index in [1.807, 2.05) is 0 Å². The van der Waals surface area contributed by atoms with Crippen molar-refractivity contribution in [1.82, 2.24) is 0 Å². The van der Waals surface area contributed by atoms with Gasteiger partial charge in [0.15, 0.2) is 0 Å². The van der Waals surface area contributed by atoms with E-state index in [4.69, 9.17) is 25.4 Å². The maximum Gasteiger partial charge on any atom is 0.416 e. The van der Waals surface area contributed by atoms with Gasteiger partial charge in [0.05, 0.1) is 18.8 Å². The lowest BCUT2D eigenvalue weighted by Crippen LogP contribution is -2.05. The summed E-state index contributed by atoms with van der Waals surface area (Å²) in [4.78, 5) is 0. The average Bonchev–Trinajstić information content (AvgIpc) is 2.28. The van der Waals surface area contributed by atoms with Crippen LogP contribution in [0.3, 0.4) is 0 Å². The Morgan fingerprint density at radius 2 is 1.53 bits per heavy atom. The highest BCUT2D eigenvalue weighted by Crippen LogP contribution is 2.49. The van der Waals surface area contributed by atoms with E-state index < -0.39 is 18.5 Å². The Morgan fingerprint density at radius 3 is 1.89 bits per heavy atom. The largest absolute Gasteiger partial charge is 0.424 e. The Labute approximate surface area is 114 Å². The SMILES string of the molecule is CCOP(=S)(OCC)Oc1ccc(C(F)(F)F)cc1. The molecule has 0 aliphatic carbocycles. The summed E-state index contributed by atoms with van der Waals surface area (Å²) < 4.78 is 53.0. The maximum absolute atomic E-state index is 12.4. The summed E-state index contributed by atoms with van der Waals surface area (Å²) >= 11 is 5.11. The van der Waals surface area contributed by atoms with Gasteiger partial charge in [0.25, 0.3) is 0 Å². The van der Waals surface area contributed by atoms with E-state index >= 15 is 0 Å². The molecule has 3 nitrogen and oxygen atoms in total. The molecule has 0 amide bonds. The van der Waals surface area contributed by atoms with Crippen LogP contribution in [0.1, 0.15) is 19.4 Å². The van der Waals surface area contributed by atoms with E-state index in [1.54, 1.807) is 13.8 Å². The molecule has 108 valence electrons. The van der Waals surface area contributed by atoms with Gasteiger partial charge in [0.1, 0.15) is 5.75 Å². The van der Waals surface area contributed by atoms with E-state index in [0.717, 1.165) is 12.1 Å². The Balaban J connectivity index is 2.84. The average molecular weight is 314 g/mol. The smallest absolute Gasteiger partial charge is 0.416 e. The van der Waals surface area contributed by atoms with E-state index in [0.29, 0.717) is 13.2 Å². The van der Waals surface area contributed by atoms with Crippen molar-refractivity contribution < 1.29 is 26.7 Å². The zero-order chi connectivity index (χ0) is 14.5. The monoisotopic (exact) mass is 314 g/mol. The third-order valence-electron chi connectivity index (χ3n) is 1.97. The molecular weight excluding hydrogens is 300 g/mol. The summed E-state index contributed by atoms with van der Waals surface area (Å²) in [6, 6.07) is 4.24. The van der Waals surface area contributed by atoms with Crippen molar-refractivity contribution in [2.45, 2.75) is 20.0 Å². The predicted molar refractivity (Wildman–Crippen MR) is 69.6 cm³/mol. The van der Waals surface area contributed by atoms with Gasteiger partial charge < -0.3 is 4.52 Å². The summed E-state index contributed by atoms with van der Waals surface area (Å²) in [5.41, 5.74) is -0.749. The first-order valence-electron chi connectivity index (χ1n) is 5.56. The second kappa shape index (κ2) is 6.70. The van der Waals surface area contributed by atoms with Crippen molar-refractivity contribution in [2.75, 3.05) is 13.2 Å². The minimum absolute atomic E-state index is 0.193. The van der Waals surface area contributed by atoms with Gasteiger partial charge >= 0.3 is 12.9 Å². The second-order valence-corrected chi connectivity index (χ2v) is 6.33. The van der Waals surface area contributed by atoms with Crippen molar-refractivity contribution in [1.29, 1.82) is 0 Å². The van der Waals surface area contributed by atoms with Crippen molar-refractivity contribution >= 4 is 18.5 Å². The van der Waals surface area contributed by atoms with Gasteiger partial charge in [-0.2, -0.15) is 13.2 Å². The molecule has 1 aromatic carbocycles. The van der Waals surface area contributed by atoms with Gasteiger partial charge in [-0.15, -0.1) is 0 Å². The van der Waals surface area contributed by atoms with E-state index in [9.17, 15) is 13.2 Å². The minimum Gasteiger partial charge on any atom is -0.424 e. The molecule has 1 aromatic rings. The Morgan fingerprint density at radius 1 is 1.05 bits per heavy atom. The molecule has 0 N–H and O–H groups in total. The number of alkyl halides is 3. The maximum atomic E-state index is 12.4. The van der Waals surface area contributed by atoms with Gasteiger partial charge in [-0.05, 0) is 38.1 Å². The van der Waals surface area contributed by atoms with Crippen molar-refractivity contribution in [2.24, 2.45) is 0 Å². The fraction of sp³-hybridized carbons (Fsp3) is 0.455. The van der Waals surface area contributed by atoms with Crippen LogP contribution in [0.25, 0.3) is 0 Å². The molecule has 0 saturated carbocycles. The number of rotatable bonds is 6. The molecule has 8 heteroatoms. The molecule has 0 atom stereocenters. The fourth-order valence-electron chi connectivity index (χ4n) is 1.24. The van der Waals surface area contributed by atoms with Gasteiger partial charge in [-0.25, -0.2) is 0 Å². The zero-order valence-corrected chi connectivity index (χ0v) is 12.1. The Bertz CT molecular complexity index is 437. The first-order valence-corrected chi connectivity index (χ1v) is 8.12. The highest BCUT2D eigenvalue weighted by molar-refractivity contribution is 8.07. The molecule has 0 bridgehead atoms. The van der Waals surface area contributed by atoms with Gasteiger partial charge in [0, 0.05) is 11.8 Å². The summed E-state index contributed by atoms with van der Waals surface area (Å²) in [6.07, 6.45) is -4.38. The molecule has 19 heavy (non-hydrogen) atoms. The number of benzene rings is 1. The number of hydrogen-bond acceptors (Lipinski definition) is 4. The van der Waals surface area contributed by atoms with Crippen LogP contribution in [0.2, 0.25) is 0 Å². The molecule has 0 aliphatic rings. The summed E-state index contributed by atoms with van der Waals surface area (Å²) in [5, 5.41) is 0. The fourth-order valence-corrected chi connectivity index (χ4v) is 3.32. The standard InChI is InChI=1S/C11H14F3O3PS/c1-3-15-18(19,16-4-2)17-10-7-5-9(6-8-10)11(12,13)14/h5-8H,3-4H2,1-2H3. The molecular formula is C11H14F3O3PS. The van der Waals surface area contributed by atoms with Gasteiger partial charge in [0.2, 0.25) is 0 Å². The number of hydrogen-bond donors (Lipinski definition) is 0. The van der Waals surface area contributed by atoms with E-state index in [2.05, 4.69) is 0 Å². The lowest BCUT2D eigenvalue weighted by Gasteiger charge is -2.21. The second-order valence-electron chi connectivity index (χ2n) is 3.40. The summed E-state index contributed by atoms with van der Waals surface area (Å²) in [7, 11) is 0. The lowest BCUT2D eigenvalue weighted by atomic mass is 10.2. The minimum atomic E-state index is -4.38.